The van der Waals surface area contributed by atoms with Crippen LogP contribution in [0.3, 0.4) is 0 Å². The second-order valence-corrected chi connectivity index (χ2v) is 5.13. The molecule has 2 nitrogen and oxygen atoms in total. The smallest absolute Gasteiger partial charge is 0.0849 e. The van der Waals surface area contributed by atoms with Crippen LogP contribution >= 0.6 is 0 Å². The van der Waals surface area contributed by atoms with Crippen LogP contribution in [0.15, 0.2) is 36.4 Å². The summed E-state index contributed by atoms with van der Waals surface area (Å²) in [4.78, 5) is 0. The zero-order valence-corrected chi connectivity index (χ0v) is 12.2. The first-order chi connectivity index (χ1) is 9.06. The number of rotatable bonds is 4. The van der Waals surface area contributed by atoms with E-state index in [9.17, 15) is 0 Å². The molecule has 0 unspecified atom stereocenters. The molecule has 0 amide bonds. The first-order valence-electron chi connectivity index (χ1n) is 6.68. The Morgan fingerprint density at radius 1 is 0.632 bits per heavy atom. The maximum atomic E-state index is 3.38. The van der Waals surface area contributed by atoms with Crippen molar-refractivity contribution in [3.8, 4) is 0 Å². The van der Waals surface area contributed by atoms with Crippen molar-refractivity contribution < 1.29 is 0 Å². The highest BCUT2D eigenvalue weighted by atomic mass is 15.1. The van der Waals surface area contributed by atoms with E-state index < -0.39 is 0 Å². The van der Waals surface area contributed by atoms with E-state index >= 15 is 0 Å². The minimum Gasteiger partial charge on any atom is -0.368 e. The molecule has 0 aromatic heterocycles. The van der Waals surface area contributed by atoms with Gasteiger partial charge >= 0.3 is 0 Å². The van der Waals surface area contributed by atoms with E-state index in [1.165, 1.54) is 22.3 Å². The summed E-state index contributed by atoms with van der Waals surface area (Å²) in [6.07, 6.45) is 0. The van der Waals surface area contributed by atoms with Crippen LogP contribution in [0.2, 0.25) is 0 Å². The average Bonchev–Trinajstić information content (AvgIpc) is 2.38. The number of anilines is 2. The van der Waals surface area contributed by atoms with Gasteiger partial charge < -0.3 is 10.6 Å². The molecule has 0 radical (unpaired) electrons. The molecule has 0 aliphatic carbocycles. The van der Waals surface area contributed by atoms with E-state index in [1.54, 1.807) is 0 Å². The van der Waals surface area contributed by atoms with Crippen molar-refractivity contribution in [1.29, 1.82) is 0 Å². The summed E-state index contributed by atoms with van der Waals surface area (Å²) >= 11 is 0. The van der Waals surface area contributed by atoms with Crippen molar-refractivity contribution in [2.45, 2.75) is 27.7 Å². The van der Waals surface area contributed by atoms with Crippen molar-refractivity contribution in [1.82, 2.24) is 0 Å². The van der Waals surface area contributed by atoms with Crippen molar-refractivity contribution in [3.05, 3.63) is 58.7 Å². The average molecular weight is 254 g/mol. The molecule has 2 heteroatoms. The van der Waals surface area contributed by atoms with E-state index in [1.807, 2.05) is 0 Å². The molecule has 0 aliphatic heterocycles. The maximum Gasteiger partial charge on any atom is 0.0849 e. The lowest BCUT2D eigenvalue weighted by atomic mass is 10.1. The van der Waals surface area contributed by atoms with Gasteiger partial charge in [-0.2, -0.15) is 0 Å². The largest absolute Gasteiger partial charge is 0.368 e. The monoisotopic (exact) mass is 254 g/mol. The molecule has 0 saturated heterocycles. The van der Waals surface area contributed by atoms with Crippen LogP contribution in [-0.4, -0.2) is 6.67 Å². The van der Waals surface area contributed by atoms with Gasteiger partial charge in [0, 0.05) is 11.4 Å². The molecule has 0 atom stereocenters. The van der Waals surface area contributed by atoms with Crippen LogP contribution in [0.4, 0.5) is 11.4 Å². The summed E-state index contributed by atoms with van der Waals surface area (Å²) in [5.74, 6) is 0. The molecule has 19 heavy (non-hydrogen) atoms. The van der Waals surface area contributed by atoms with E-state index in [2.05, 4.69) is 74.7 Å². The van der Waals surface area contributed by atoms with E-state index in [-0.39, 0.29) is 0 Å². The van der Waals surface area contributed by atoms with Gasteiger partial charge in [-0.25, -0.2) is 0 Å². The molecule has 2 rings (SSSR count). The summed E-state index contributed by atoms with van der Waals surface area (Å²) in [6.45, 7) is 9.26. The van der Waals surface area contributed by atoms with Gasteiger partial charge in [-0.05, 0) is 74.2 Å². The predicted octanol–water partition coefficient (Wildman–Crippen LogP) is 4.40. The third-order valence-corrected chi connectivity index (χ3v) is 3.60. The maximum absolute atomic E-state index is 3.38. The molecular formula is C17H22N2. The van der Waals surface area contributed by atoms with Crippen molar-refractivity contribution in [3.63, 3.8) is 0 Å². The second-order valence-electron chi connectivity index (χ2n) is 5.13. The minimum atomic E-state index is 0.727. The molecule has 100 valence electrons. The van der Waals surface area contributed by atoms with Crippen LogP contribution in [0.5, 0.6) is 0 Å². The lowest BCUT2D eigenvalue weighted by Gasteiger charge is -2.12. The van der Waals surface area contributed by atoms with Crippen LogP contribution in [0, 0.1) is 27.7 Å². The molecule has 0 spiro atoms. The van der Waals surface area contributed by atoms with Crippen molar-refractivity contribution >= 4 is 11.4 Å². The summed E-state index contributed by atoms with van der Waals surface area (Å²) in [5.41, 5.74) is 7.59. The first kappa shape index (κ1) is 13.5. The Hall–Kier alpha value is -1.96. The molecule has 0 fully saturated rings. The van der Waals surface area contributed by atoms with Gasteiger partial charge in [-0.15, -0.1) is 0 Å². The first-order valence-corrected chi connectivity index (χ1v) is 6.68. The van der Waals surface area contributed by atoms with Crippen LogP contribution < -0.4 is 10.6 Å². The summed E-state index contributed by atoms with van der Waals surface area (Å²) in [6, 6.07) is 12.9. The molecular weight excluding hydrogens is 232 g/mol. The molecule has 2 aromatic carbocycles. The topological polar surface area (TPSA) is 24.1 Å². The predicted molar refractivity (Wildman–Crippen MR) is 83.9 cm³/mol. The SMILES string of the molecule is Cc1ccc(NCNc2ccc(C)c(C)c2)cc1C. The fraction of sp³-hybridized carbons (Fsp3) is 0.294. The van der Waals surface area contributed by atoms with E-state index in [0.717, 1.165) is 18.0 Å². The lowest BCUT2D eigenvalue weighted by molar-refractivity contribution is 1.20. The summed E-state index contributed by atoms with van der Waals surface area (Å²) < 4.78 is 0. The Kier molecular flexibility index (Phi) is 4.10. The van der Waals surface area contributed by atoms with Gasteiger partial charge in [0.2, 0.25) is 0 Å². The van der Waals surface area contributed by atoms with Gasteiger partial charge in [0.1, 0.15) is 0 Å². The zero-order valence-electron chi connectivity index (χ0n) is 12.2. The highest BCUT2D eigenvalue weighted by Crippen LogP contribution is 2.16. The highest BCUT2D eigenvalue weighted by Gasteiger charge is 1.97. The van der Waals surface area contributed by atoms with Gasteiger partial charge in [0.25, 0.3) is 0 Å². The fourth-order valence-corrected chi connectivity index (χ4v) is 1.95. The van der Waals surface area contributed by atoms with Gasteiger partial charge in [0.05, 0.1) is 6.67 Å². The lowest BCUT2D eigenvalue weighted by Crippen LogP contribution is -2.11. The highest BCUT2D eigenvalue weighted by molar-refractivity contribution is 5.51. The number of aryl methyl sites for hydroxylation is 4. The van der Waals surface area contributed by atoms with Crippen LogP contribution in [0.25, 0.3) is 0 Å². The van der Waals surface area contributed by atoms with Crippen LogP contribution in [0.1, 0.15) is 22.3 Å². The standard InChI is InChI=1S/C17H22N2/c1-12-5-7-16(9-14(12)3)18-11-19-17-8-6-13(2)15(4)10-17/h5-10,18-19H,11H2,1-4H3. The molecule has 2 N–H and O–H groups in total. The molecule has 2 aromatic rings. The third-order valence-electron chi connectivity index (χ3n) is 3.60. The number of nitrogens with one attached hydrogen (secondary N) is 2. The Morgan fingerprint density at radius 2 is 1.05 bits per heavy atom. The number of benzene rings is 2. The number of hydrogen-bond acceptors (Lipinski definition) is 2. The molecule has 0 bridgehead atoms. The fourth-order valence-electron chi connectivity index (χ4n) is 1.95. The molecule has 0 heterocycles. The second kappa shape index (κ2) is 5.79. The Bertz CT molecular complexity index is 522. The number of hydrogen-bond donors (Lipinski definition) is 2. The van der Waals surface area contributed by atoms with Gasteiger partial charge in [-0.3, -0.25) is 0 Å². The van der Waals surface area contributed by atoms with E-state index in [4.69, 9.17) is 0 Å². The Labute approximate surface area is 115 Å². The van der Waals surface area contributed by atoms with Crippen molar-refractivity contribution in [2.24, 2.45) is 0 Å². The minimum absolute atomic E-state index is 0.727. The normalized spacial score (nSPS) is 10.3. The quantitative estimate of drug-likeness (QED) is 0.790. The molecule has 0 aliphatic rings. The van der Waals surface area contributed by atoms with E-state index in [0.29, 0.717) is 0 Å². The van der Waals surface area contributed by atoms with Crippen molar-refractivity contribution in [2.75, 3.05) is 17.3 Å². The zero-order chi connectivity index (χ0) is 13.8. The van der Waals surface area contributed by atoms with Gasteiger partial charge in [-0.1, -0.05) is 12.1 Å². The van der Waals surface area contributed by atoms with Crippen LogP contribution in [-0.2, 0) is 0 Å². The Balaban J connectivity index is 1.92. The summed E-state index contributed by atoms with van der Waals surface area (Å²) in [5, 5.41) is 6.77. The Morgan fingerprint density at radius 3 is 1.42 bits per heavy atom. The van der Waals surface area contributed by atoms with Gasteiger partial charge in [0.15, 0.2) is 0 Å². The third kappa shape index (κ3) is 3.50. The summed E-state index contributed by atoms with van der Waals surface area (Å²) in [7, 11) is 0. The molecule has 0 saturated carbocycles.